The zero-order chi connectivity index (χ0) is 16.3. The number of pyridine rings is 1. The normalized spacial score (nSPS) is 10.3. The third-order valence-corrected chi connectivity index (χ3v) is 3.33. The minimum absolute atomic E-state index is 0.0347. The Morgan fingerprint density at radius 3 is 2.74 bits per heavy atom. The molecular weight excluding hydrogens is 292 g/mol. The number of carbonyl (C=O) groups excluding carboxylic acids is 1. The first-order valence-corrected chi connectivity index (χ1v) is 7.64. The second-order valence-electron chi connectivity index (χ2n) is 5.12. The first-order valence-electron chi connectivity index (χ1n) is 7.64. The highest BCUT2D eigenvalue weighted by Gasteiger charge is 2.03. The van der Waals surface area contributed by atoms with Crippen molar-refractivity contribution in [2.75, 3.05) is 20.3 Å². The average Bonchev–Trinajstić information content (AvgIpc) is 2.60. The fourth-order valence-electron chi connectivity index (χ4n) is 2.08. The van der Waals surface area contributed by atoms with E-state index in [1.54, 1.807) is 19.5 Å². The van der Waals surface area contributed by atoms with Crippen molar-refractivity contribution in [3.8, 4) is 5.75 Å². The molecule has 2 aromatic rings. The first kappa shape index (κ1) is 17.0. The zero-order valence-electron chi connectivity index (χ0n) is 13.3. The molecule has 0 atom stereocenters. The van der Waals surface area contributed by atoms with Crippen LogP contribution in [0.2, 0.25) is 0 Å². The molecule has 0 radical (unpaired) electrons. The molecule has 0 aliphatic heterocycles. The SMILES string of the molecule is COCCOc1cccc(CNC(=O)CCc2ccncc2)c1. The molecular formula is C18H22N2O3. The van der Waals surface area contributed by atoms with E-state index in [4.69, 9.17) is 9.47 Å². The molecule has 2 rings (SSSR count). The van der Waals surface area contributed by atoms with E-state index in [0.717, 1.165) is 16.9 Å². The van der Waals surface area contributed by atoms with Gasteiger partial charge in [0.2, 0.25) is 5.91 Å². The maximum absolute atomic E-state index is 11.9. The Bertz CT molecular complexity index is 602. The molecule has 0 aliphatic carbocycles. The summed E-state index contributed by atoms with van der Waals surface area (Å²) in [5, 5.41) is 2.93. The van der Waals surface area contributed by atoms with E-state index in [0.29, 0.717) is 32.6 Å². The van der Waals surface area contributed by atoms with Gasteiger partial charge in [0.1, 0.15) is 12.4 Å². The lowest BCUT2D eigenvalue weighted by atomic mass is 10.1. The van der Waals surface area contributed by atoms with Crippen LogP contribution in [-0.4, -0.2) is 31.2 Å². The van der Waals surface area contributed by atoms with Crippen LogP contribution in [0.4, 0.5) is 0 Å². The fraction of sp³-hybridized carbons (Fsp3) is 0.333. The average molecular weight is 314 g/mol. The van der Waals surface area contributed by atoms with Crippen molar-refractivity contribution in [2.45, 2.75) is 19.4 Å². The fourth-order valence-corrected chi connectivity index (χ4v) is 2.08. The Morgan fingerprint density at radius 2 is 1.96 bits per heavy atom. The van der Waals surface area contributed by atoms with Crippen LogP contribution in [-0.2, 0) is 22.5 Å². The number of benzene rings is 1. The summed E-state index contributed by atoms with van der Waals surface area (Å²) in [6.07, 6.45) is 4.66. The number of nitrogens with zero attached hydrogens (tertiary/aromatic N) is 1. The number of nitrogens with one attached hydrogen (secondary N) is 1. The molecule has 0 spiro atoms. The van der Waals surface area contributed by atoms with Gasteiger partial charge in [-0.2, -0.15) is 0 Å². The Morgan fingerprint density at radius 1 is 1.13 bits per heavy atom. The molecule has 1 aromatic heterocycles. The standard InChI is InChI=1S/C18H22N2O3/c1-22-11-12-23-17-4-2-3-16(13-17)14-20-18(21)6-5-15-7-9-19-10-8-15/h2-4,7-10,13H,5-6,11-12,14H2,1H3,(H,20,21). The summed E-state index contributed by atoms with van der Waals surface area (Å²) in [6.45, 7) is 1.56. The summed E-state index contributed by atoms with van der Waals surface area (Å²) in [7, 11) is 1.64. The lowest BCUT2D eigenvalue weighted by molar-refractivity contribution is -0.121. The topological polar surface area (TPSA) is 60.5 Å². The molecule has 0 saturated heterocycles. The lowest BCUT2D eigenvalue weighted by Gasteiger charge is -2.09. The molecule has 1 aromatic carbocycles. The maximum Gasteiger partial charge on any atom is 0.220 e. The van der Waals surface area contributed by atoms with E-state index >= 15 is 0 Å². The molecule has 0 bridgehead atoms. The minimum atomic E-state index is 0.0347. The molecule has 0 unspecified atom stereocenters. The Balaban J connectivity index is 1.74. The van der Waals surface area contributed by atoms with E-state index in [2.05, 4.69) is 10.3 Å². The maximum atomic E-state index is 11.9. The van der Waals surface area contributed by atoms with Gasteiger partial charge in [-0.05, 0) is 41.8 Å². The number of carbonyl (C=O) groups is 1. The Kier molecular flexibility index (Phi) is 7.07. The molecule has 23 heavy (non-hydrogen) atoms. The van der Waals surface area contributed by atoms with Crippen LogP contribution in [0.25, 0.3) is 0 Å². The predicted octanol–water partition coefficient (Wildman–Crippen LogP) is 2.36. The van der Waals surface area contributed by atoms with Gasteiger partial charge in [-0.3, -0.25) is 9.78 Å². The molecule has 1 amide bonds. The highest BCUT2D eigenvalue weighted by Crippen LogP contribution is 2.13. The monoisotopic (exact) mass is 314 g/mol. The minimum Gasteiger partial charge on any atom is -0.491 e. The lowest BCUT2D eigenvalue weighted by Crippen LogP contribution is -2.23. The highest BCUT2D eigenvalue weighted by molar-refractivity contribution is 5.76. The molecule has 5 heteroatoms. The summed E-state index contributed by atoms with van der Waals surface area (Å²) in [6, 6.07) is 11.6. The van der Waals surface area contributed by atoms with Gasteiger partial charge in [0.25, 0.3) is 0 Å². The van der Waals surface area contributed by atoms with Gasteiger partial charge in [0, 0.05) is 32.5 Å². The predicted molar refractivity (Wildman–Crippen MR) is 88.2 cm³/mol. The second-order valence-corrected chi connectivity index (χ2v) is 5.12. The Labute approximate surface area is 136 Å². The van der Waals surface area contributed by atoms with Gasteiger partial charge in [0.05, 0.1) is 6.61 Å². The van der Waals surface area contributed by atoms with Crippen molar-refractivity contribution in [3.63, 3.8) is 0 Å². The smallest absolute Gasteiger partial charge is 0.220 e. The summed E-state index contributed by atoms with van der Waals surface area (Å²) < 4.78 is 10.5. The van der Waals surface area contributed by atoms with Crippen LogP contribution >= 0.6 is 0 Å². The number of aryl methyl sites for hydroxylation is 1. The summed E-state index contributed by atoms with van der Waals surface area (Å²) in [5.41, 5.74) is 2.13. The molecule has 1 N–H and O–H groups in total. The molecule has 0 fully saturated rings. The Hall–Kier alpha value is -2.40. The molecule has 0 aliphatic rings. The van der Waals surface area contributed by atoms with Gasteiger partial charge >= 0.3 is 0 Å². The quantitative estimate of drug-likeness (QED) is 0.722. The van der Waals surface area contributed by atoms with Gasteiger partial charge in [-0.15, -0.1) is 0 Å². The number of hydrogen-bond donors (Lipinski definition) is 1. The van der Waals surface area contributed by atoms with E-state index in [-0.39, 0.29) is 5.91 Å². The third-order valence-electron chi connectivity index (χ3n) is 3.33. The van der Waals surface area contributed by atoms with Crippen molar-refractivity contribution in [2.24, 2.45) is 0 Å². The van der Waals surface area contributed by atoms with E-state index in [1.165, 1.54) is 0 Å². The highest BCUT2D eigenvalue weighted by atomic mass is 16.5. The number of amides is 1. The van der Waals surface area contributed by atoms with Gasteiger partial charge in [0.15, 0.2) is 0 Å². The summed E-state index contributed by atoms with van der Waals surface area (Å²) >= 11 is 0. The zero-order valence-corrected chi connectivity index (χ0v) is 13.3. The summed E-state index contributed by atoms with van der Waals surface area (Å²) in [4.78, 5) is 15.9. The van der Waals surface area contributed by atoms with Crippen molar-refractivity contribution in [1.82, 2.24) is 10.3 Å². The van der Waals surface area contributed by atoms with Crippen molar-refractivity contribution in [3.05, 3.63) is 59.9 Å². The van der Waals surface area contributed by atoms with Crippen molar-refractivity contribution < 1.29 is 14.3 Å². The van der Waals surface area contributed by atoms with Gasteiger partial charge < -0.3 is 14.8 Å². The number of aromatic nitrogens is 1. The van der Waals surface area contributed by atoms with Crippen molar-refractivity contribution in [1.29, 1.82) is 0 Å². The summed E-state index contributed by atoms with van der Waals surface area (Å²) in [5.74, 6) is 0.818. The van der Waals surface area contributed by atoms with Gasteiger partial charge in [-0.1, -0.05) is 12.1 Å². The molecule has 122 valence electrons. The molecule has 1 heterocycles. The second kappa shape index (κ2) is 9.58. The number of hydrogen-bond acceptors (Lipinski definition) is 4. The molecule has 5 nitrogen and oxygen atoms in total. The van der Waals surface area contributed by atoms with Crippen molar-refractivity contribution >= 4 is 5.91 Å². The third kappa shape index (κ3) is 6.48. The van der Waals surface area contributed by atoms with Gasteiger partial charge in [-0.25, -0.2) is 0 Å². The van der Waals surface area contributed by atoms with E-state index in [1.807, 2.05) is 36.4 Å². The number of methoxy groups -OCH3 is 1. The first-order chi connectivity index (χ1) is 11.3. The number of ether oxygens (including phenoxy) is 2. The van der Waals surface area contributed by atoms with Crippen LogP contribution < -0.4 is 10.1 Å². The van der Waals surface area contributed by atoms with Crippen LogP contribution in [0.3, 0.4) is 0 Å². The van der Waals surface area contributed by atoms with E-state index < -0.39 is 0 Å². The van der Waals surface area contributed by atoms with Crippen LogP contribution in [0.5, 0.6) is 5.75 Å². The largest absolute Gasteiger partial charge is 0.491 e. The van der Waals surface area contributed by atoms with E-state index in [9.17, 15) is 4.79 Å². The van der Waals surface area contributed by atoms with Crippen LogP contribution in [0.1, 0.15) is 17.5 Å². The molecule has 0 saturated carbocycles. The number of rotatable bonds is 9. The van der Waals surface area contributed by atoms with Crippen LogP contribution in [0.15, 0.2) is 48.8 Å². The van der Waals surface area contributed by atoms with Crippen LogP contribution in [0, 0.1) is 0 Å².